The molecule has 0 aromatic heterocycles. The molecule has 2 aromatic rings. The van der Waals surface area contributed by atoms with Crippen molar-refractivity contribution in [3.8, 4) is 5.75 Å². The van der Waals surface area contributed by atoms with E-state index in [4.69, 9.17) is 4.74 Å². The van der Waals surface area contributed by atoms with E-state index in [2.05, 4.69) is 47.5 Å². The second-order valence-corrected chi connectivity index (χ2v) is 9.32. The summed E-state index contributed by atoms with van der Waals surface area (Å²) >= 11 is 0. The molecule has 1 aliphatic carbocycles. The van der Waals surface area contributed by atoms with Gasteiger partial charge in [0.2, 0.25) is 0 Å². The summed E-state index contributed by atoms with van der Waals surface area (Å²) in [6.45, 7) is 8.98. The minimum atomic E-state index is -0.278. The molecule has 0 bridgehead atoms. The van der Waals surface area contributed by atoms with E-state index in [9.17, 15) is 5.11 Å². The minimum Gasteiger partial charge on any atom is -0.492 e. The highest BCUT2D eigenvalue weighted by Crippen LogP contribution is 2.36. The number of nitrogens with one attached hydrogen (secondary N) is 1. The lowest BCUT2D eigenvalue weighted by molar-refractivity contribution is 0.157. The number of piperidine rings is 1. The van der Waals surface area contributed by atoms with Crippen LogP contribution in [0.5, 0.6) is 5.75 Å². The zero-order valence-electron chi connectivity index (χ0n) is 18.7. The molecular weight excluding hydrogens is 372 g/mol. The summed E-state index contributed by atoms with van der Waals surface area (Å²) in [6.07, 6.45) is 6.87. The first-order chi connectivity index (χ1) is 14.6. The molecule has 4 nitrogen and oxygen atoms in total. The monoisotopic (exact) mass is 410 g/mol. The summed E-state index contributed by atoms with van der Waals surface area (Å²) in [5, 5.41) is 15.7. The van der Waals surface area contributed by atoms with Crippen molar-refractivity contribution in [3.05, 3.63) is 41.5 Å². The van der Waals surface area contributed by atoms with Gasteiger partial charge in [-0.1, -0.05) is 37.3 Å². The SMILES string of the molecule is CCc1cc(CCN2CCCC(NCC(C)O)C2)c2ccccc2c1OCC1CC1. The number of rotatable bonds is 10. The van der Waals surface area contributed by atoms with Crippen LogP contribution in [-0.2, 0) is 12.8 Å². The van der Waals surface area contributed by atoms with Gasteiger partial charge in [-0.3, -0.25) is 0 Å². The van der Waals surface area contributed by atoms with Crippen LogP contribution in [0.15, 0.2) is 30.3 Å². The number of ether oxygens (including phenoxy) is 1. The summed E-state index contributed by atoms with van der Waals surface area (Å²) in [6, 6.07) is 11.7. The Morgan fingerprint density at radius 3 is 2.70 bits per heavy atom. The van der Waals surface area contributed by atoms with Gasteiger partial charge in [0.25, 0.3) is 0 Å². The van der Waals surface area contributed by atoms with Gasteiger partial charge in [0.05, 0.1) is 12.7 Å². The predicted octanol–water partition coefficient (Wildman–Crippen LogP) is 4.17. The van der Waals surface area contributed by atoms with Crippen molar-refractivity contribution < 1.29 is 9.84 Å². The van der Waals surface area contributed by atoms with Gasteiger partial charge in [0, 0.05) is 31.1 Å². The maximum absolute atomic E-state index is 9.56. The van der Waals surface area contributed by atoms with Gasteiger partial charge in [-0.15, -0.1) is 0 Å². The van der Waals surface area contributed by atoms with Crippen LogP contribution in [0, 0.1) is 5.92 Å². The van der Waals surface area contributed by atoms with Gasteiger partial charge in [-0.05, 0) is 74.4 Å². The number of aliphatic hydroxyl groups is 1. The Bertz CT molecular complexity index is 831. The second-order valence-electron chi connectivity index (χ2n) is 9.32. The molecule has 2 N–H and O–H groups in total. The number of likely N-dealkylation sites (tertiary alicyclic amines) is 1. The fourth-order valence-corrected chi connectivity index (χ4v) is 4.65. The maximum atomic E-state index is 9.56. The second kappa shape index (κ2) is 10.1. The lowest BCUT2D eigenvalue weighted by Crippen LogP contribution is -2.47. The fourth-order valence-electron chi connectivity index (χ4n) is 4.65. The average Bonchev–Trinajstić information content (AvgIpc) is 3.59. The van der Waals surface area contributed by atoms with Crippen molar-refractivity contribution >= 4 is 10.8 Å². The minimum absolute atomic E-state index is 0.278. The van der Waals surface area contributed by atoms with Crippen molar-refractivity contribution in [1.29, 1.82) is 0 Å². The average molecular weight is 411 g/mol. The van der Waals surface area contributed by atoms with Gasteiger partial charge in [0.1, 0.15) is 5.75 Å². The molecule has 1 saturated carbocycles. The van der Waals surface area contributed by atoms with Crippen LogP contribution in [-0.4, -0.2) is 54.9 Å². The first kappa shape index (κ1) is 21.6. The molecule has 2 fully saturated rings. The van der Waals surface area contributed by atoms with E-state index in [-0.39, 0.29) is 6.10 Å². The number of benzene rings is 2. The Hall–Kier alpha value is -1.62. The Balaban J connectivity index is 1.46. The summed E-state index contributed by atoms with van der Waals surface area (Å²) in [4.78, 5) is 2.58. The number of hydrogen-bond acceptors (Lipinski definition) is 4. The zero-order chi connectivity index (χ0) is 20.9. The third-order valence-corrected chi connectivity index (χ3v) is 6.60. The highest BCUT2D eigenvalue weighted by molar-refractivity contribution is 5.92. The molecule has 2 unspecified atom stereocenters. The van der Waals surface area contributed by atoms with Crippen molar-refractivity contribution in [3.63, 3.8) is 0 Å². The van der Waals surface area contributed by atoms with Gasteiger partial charge in [-0.25, -0.2) is 0 Å². The molecule has 1 saturated heterocycles. The standard InChI is InChI=1S/C26H38N2O2/c1-3-21-15-22(12-14-28-13-6-7-23(17-28)27-16-19(2)29)24-8-4-5-9-25(24)26(21)30-18-20-10-11-20/h4-5,8-9,15,19-20,23,27,29H,3,6-7,10-14,16-18H2,1-2H3. The van der Waals surface area contributed by atoms with E-state index >= 15 is 0 Å². The third-order valence-electron chi connectivity index (χ3n) is 6.60. The van der Waals surface area contributed by atoms with Crippen LogP contribution < -0.4 is 10.1 Å². The topological polar surface area (TPSA) is 44.7 Å². The van der Waals surface area contributed by atoms with Crippen molar-refractivity contribution in [2.75, 3.05) is 32.8 Å². The maximum Gasteiger partial charge on any atom is 0.130 e. The van der Waals surface area contributed by atoms with Crippen LogP contribution in [0.3, 0.4) is 0 Å². The highest BCUT2D eigenvalue weighted by atomic mass is 16.5. The number of aliphatic hydroxyl groups excluding tert-OH is 1. The molecule has 0 amide bonds. The molecule has 30 heavy (non-hydrogen) atoms. The first-order valence-electron chi connectivity index (χ1n) is 11.9. The highest BCUT2D eigenvalue weighted by Gasteiger charge is 2.24. The smallest absolute Gasteiger partial charge is 0.130 e. The van der Waals surface area contributed by atoms with Crippen molar-refractivity contribution in [1.82, 2.24) is 10.2 Å². The number of fused-ring (bicyclic) bond motifs is 1. The number of hydrogen-bond donors (Lipinski definition) is 2. The van der Waals surface area contributed by atoms with Crippen LogP contribution in [0.25, 0.3) is 10.8 Å². The van der Waals surface area contributed by atoms with E-state index < -0.39 is 0 Å². The number of aryl methyl sites for hydroxylation is 1. The molecule has 2 aliphatic rings. The normalized spacial score (nSPS) is 21.1. The lowest BCUT2D eigenvalue weighted by Gasteiger charge is -2.33. The van der Waals surface area contributed by atoms with Crippen LogP contribution in [0.2, 0.25) is 0 Å². The van der Waals surface area contributed by atoms with E-state index in [1.807, 2.05) is 6.92 Å². The van der Waals surface area contributed by atoms with Gasteiger partial charge in [-0.2, -0.15) is 0 Å². The van der Waals surface area contributed by atoms with Crippen LogP contribution in [0.1, 0.15) is 50.7 Å². The molecular formula is C26H38N2O2. The summed E-state index contributed by atoms with van der Waals surface area (Å²) in [5.74, 6) is 1.88. The molecule has 164 valence electrons. The lowest BCUT2D eigenvalue weighted by atomic mass is 9.95. The number of nitrogens with zero attached hydrogens (tertiary/aromatic N) is 1. The van der Waals surface area contributed by atoms with E-state index in [1.165, 1.54) is 54.1 Å². The molecule has 1 heterocycles. The van der Waals surface area contributed by atoms with Crippen molar-refractivity contribution in [2.24, 2.45) is 5.92 Å². The van der Waals surface area contributed by atoms with Gasteiger partial charge < -0.3 is 20.1 Å². The molecule has 2 atom stereocenters. The van der Waals surface area contributed by atoms with Crippen molar-refractivity contribution in [2.45, 2.75) is 64.5 Å². The van der Waals surface area contributed by atoms with E-state index in [0.29, 0.717) is 12.6 Å². The van der Waals surface area contributed by atoms with Crippen LogP contribution in [0.4, 0.5) is 0 Å². The Morgan fingerprint density at radius 1 is 1.17 bits per heavy atom. The first-order valence-corrected chi connectivity index (χ1v) is 11.9. The molecule has 0 radical (unpaired) electrons. The summed E-state index contributed by atoms with van der Waals surface area (Å²) in [5.41, 5.74) is 2.79. The molecule has 4 heteroatoms. The molecule has 2 aromatic carbocycles. The fraction of sp³-hybridized carbons (Fsp3) is 0.615. The summed E-state index contributed by atoms with van der Waals surface area (Å²) < 4.78 is 6.34. The third kappa shape index (κ3) is 5.54. The van der Waals surface area contributed by atoms with Gasteiger partial charge in [0.15, 0.2) is 0 Å². The van der Waals surface area contributed by atoms with E-state index in [0.717, 1.165) is 44.2 Å². The molecule has 4 rings (SSSR count). The Kier molecular flexibility index (Phi) is 7.29. The Morgan fingerprint density at radius 2 is 1.97 bits per heavy atom. The quantitative estimate of drug-likeness (QED) is 0.617. The van der Waals surface area contributed by atoms with Gasteiger partial charge >= 0.3 is 0 Å². The Labute approximate surface area is 181 Å². The van der Waals surface area contributed by atoms with E-state index in [1.54, 1.807) is 0 Å². The zero-order valence-corrected chi connectivity index (χ0v) is 18.7. The largest absolute Gasteiger partial charge is 0.492 e. The molecule has 1 aliphatic heterocycles. The predicted molar refractivity (Wildman–Crippen MR) is 124 cm³/mol. The summed E-state index contributed by atoms with van der Waals surface area (Å²) in [7, 11) is 0. The van der Waals surface area contributed by atoms with Crippen LogP contribution >= 0.6 is 0 Å². The molecule has 0 spiro atoms.